The Kier molecular flexibility index (Phi) is 4.56. The zero-order valence-corrected chi connectivity index (χ0v) is 14.2. The molecule has 128 valence electrons. The maximum absolute atomic E-state index is 12.8. The van der Waals surface area contributed by atoms with Crippen LogP contribution in [0.4, 0.5) is 0 Å². The monoisotopic (exact) mass is 326 g/mol. The van der Waals surface area contributed by atoms with E-state index in [0.717, 1.165) is 51.0 Å². The highest BCUT2D eigenvalue weighted by atomic mass is 16.5. The molecule has 4 rings (SSSR count). The molecule has 0 radical (unpaired) electrons. The Morgan fingerprint density at radius 1 is 1.12 bits per heavy atom. The zero-order valence-electron chi connectivity index (χ0n) is 14.2. The number of carbonyl (C=O) groups excluding carboxylic acids is 1. The quantitative estimate of drug-likeness (QED) is 0.928. The van der Waals surface area contributed by atoms with Gasteiger partial charge in [-0.25, -0.2) is 0 Å². The third kappa shape index (κ3) is 3.07. The lowest BCUT2D eigenvalue weighted by atomic mass is 9.83. The molecule has 2 heterocycles. The molecule has 0 aromatic heterocycles. The third-order valence-electron chi connectivity index (χ3n) is 5.61. The van der Waals surface area contributed by atoms with Gasteiger partial charge >= 0.3 is 0 Å². The van der Waals surface area contributed by atoms with Crippen molar-refractivity contribution < 1.29 is 9.53 Å². The van der Waals surface area contributed by atoms with Crippen molar-refractivity contribution in [2.24, 2.45) is 0 Å². The minimum absolute atomic E-state index is 0.0422. The van der Waals surface area contributed by atoms with E-state index in [0.29, 0.717) is 6.04 Å². The van der Waals surface area contributed by atoms with Crippen LogP contribution in [0.2, 0.25) is 0 Å². The summed E-state index contributed by atoms with van der Waals surface area (Å²) >= 11 is 0. The first-order valence-electron chi connectivity index (χ1n) is 9.26. The predicted octanol–water partition coefficient (Wildman–Crippen LogP) is 2.95. The van der Waals surface area contributed by atoms with Gasteiger partial charge in [-0.3, -0.25) is 9.69 Å². The molecule has 1 N–H and O–H groups in total. The minimum atomic E-state index is 0.0422. The van der Waals surface area contributed by atoms with E-state index in [1.165, 1.54) is 24.0 Å². The van der Waals surface area contributed by atoms with Gasteiger partial charge < -0.3 is 10.1 Å². The normalized spacial score (nSPS) is 27.1. The summed E-state index contributed by atoms with van der Waals surface area (Å²) in [7, 11) is 0. The Balaban J connectivity index is 1.59. The van der Waals surface area contributed by atoms with Crippen molar-refractivity contribution in [1.29, 1.82) is 0 Å². The molecule has 0 saturated carbocycles. The molecular formula is C20H26N2O2. The van der Waals surface area contributed by atoms with Gasteiger partial charge in [0, 0.05) is 6.04 Å². The van der Waals surface area contributed by atoms with Crippen LogP contribution in [-0.4, -0.2) is 36.5 Å². The number of aryl methyl sites for hydroxylation is 1. The Bertz CT molecular complexity index is 634. The molecule has 2 aliphatic heterocycles. The number of nitrogens with zero attached hydrogens (tertiary/aromatic N) is 1. The van der Waals surface area contributed by atoms with Crippen molar-refractivity contribution in [2.75, 3.05) is 19.7 Å². The van der Waals surface area contributed by atoms with E-state index in [4.69, 9.17) is 4.74 Å². The van der Waals surface area contributed by atoms with Gasteiger partial charge in [0.05, 0.1) is 24.5 Å². The summed E-state index contributed by atoms with van der Waals surface area (Å²) in [5, 5.41) is 3.34. The summed E-state index contributed by atoms with van der Waals surface area (Å²) in [6, 6.07) is 9.09. The van der Waals surface area contributed by atoms with E-state index < -0.39 is 0 Å². The number of ether oxygens (including phenoxy) is 1. The molecule has 2 unspecified atom stereocenters. The van der Waals surface area contributed by atoms with E-state index in [1.54, 1.807) is 6.26 Å². The average Bonchev–Trinajstić information content (AvgIpc) is 3.17. The van der Waals surface area contributed by atoms with Crippen LogP contribution in [0.15, 0.2) is 36.1 Å². The highest BCUT2D eigenvalue weighted by Crippen LogP contribution is 2.35. The first kappa shape index (κ1) is 15.7. The van der Waals surface area contributed by atoms with Crippen LogP contribution in [0, 0.1) is 0 Å². The number of rotatable bonds is 3. The van der Waals surface area contributed by atoms with Gasteiger partial charge in [-0.15, -0.1) is 0 Å². The standard InChI is InChI=1S/C20H26N2O2/c23-20(16-7-5-13-24-14-16)21-19-17-8-2-1-6-15(17)9-10-18(19)22-11-3-4-12-22/h1-2,6,8,14,18-19H,3-5,7,9-13H2,(H,21,23). The van der Waals surface area contributed by atoms with E-state index >= 15 is 0 Å². The molecule has 1 amide bonds. The number of benzene rings is 1. The number of likely N-dealkylation sites (tertiary alicyclic amines) is 1. The SMILES string of the molecule is O=C(NC1c2ccccc2CCC1N1CCCC1)C1=COCCC1. The van der Waals surface area contributed by atoms with Crippen LogP contribution in [0.25, 0.3) is 0 Å². The highest BCUT2D eigenvalue weighted by molar-refractivity contribution is 5.93. The molecule has 1 aromatic rings. The van der Waals surface area contributed by atoms with Crippen LogP contribution < -0.4 is 5.32 Å². The summed E-state index contributed by atoms with van der Waals surface area (Å²) in [4.78, 5) is 15.3. The molecule has 0 bridgehead atoms. The minimum Gasteiger partial charge on any atom is -0.501 e. The number of carbonyl (C=O) groups is 1. The number of nitrogens with one attached hydrogen (secondary N) is 1. The van der Waals surface area contributed by atoms with Gasteiger partial charge in [0.2, 0.25) is 0 Å². The van der Waals surface area contributed by atoms with Crippen LogP contribution in [0.3, 0.4) is 0 Å². The smallest absolute Gasteiger partial charge is 0.250 e. The Morgan fingerprint density at radius 3 is 2.75 bits per heavy atom. The van der Waals surface area contributed by atoms with Gasteiger partial charge in [-0.2, -0.15) is 0 Å². The topological polar surface area (TPSA) is 41.6 Å². The molecule has 24 heavy (non-hydrogen) atoms. The van der Waals surface area contributed by atoms with Crippen molar-refractivity contribution >= 4 is 5.91 Å². The van der Waals surface area contributed by atoms with Crippen molar-refractivity contribution in [1.82, 2.24) is 10.2 Å². The van der Waals surface area contributed by atoms with Crippen molar-refractivity contribution in [2.45, 2.75) is 50.6 Å². The lowest BCUT2D eigenvalue weighted by Crippen LogP contribution is -2.48. The van der Waals surface area contributed by atoms with Gasteiger partial charge in [-0.1, -0.05) is 24.3 Å². The largest absolute Gasteiger partial charge is 0.501 e. The Morgan fingerprint density at radius 2 is 1.96 bits per heavy atom. The molecular weight excluding hydrogens is 300 g/mol. The first-order valence-corrected chi connectivity index (χ1v) is 9.26. The van der Waals surface area contributed by atoms with E-state index in [1.807, 2.05) is 0 Å². The number of amides is 1. The summed E-state index contributed by atoms with van der Waals surface area (Å²) < 4.78 is 5.36. The first-order chi connectivity index (χ1) is 11.8. The Hall–Kier alpha value is -1.81. The summed E-state index contributed by atoms with van der Waals surface area (Å²) in [5.41, 5.74) is 3.46. The Labute approximate surface area is 143 Å². The lowest BCUT2D eigenvalue weighted by molar-refractivity contribution is -0.119. The van der Waals surface area contributed by atoms with E-state index in [-0.39, 0.29) is 11.9 Å². The van der Waals surface area contributed by atoms with Crippen LogP contribution in [-0.2, 0) is 16.0 Å². The number of hydrogen-bond acceptors (Lipinski definition) is 3. The third-order valence-corrected chi connectivity index (χ3v) is 5.61. The second kappa shape index (κ2) is 6.98. The average molecular weight is 326 g/mol. The summed E-state index contributed by atoms with van der Waals surface area (Å²) in [6.45, 7) is 3.04. The van der Waals surface area contributed by atoms with Crippen molar-refractivity contribution in [3.05, 3.63) is 47.2 Å². The fraction of sp³-hybridized carbons (Fsp3) is 0.550. The molecule has 3 aliphatic rings. The molecule has 1 aliphatic carbocycles. The van der Waals surface area contributed by atoms with Crippen LogP contribution in [0.1, 0.15) is 49.3 Å². The molecule has 2 atom stereocenters. The zero-order chi connectivity index (χ0) is 16.4. The second-order valence-electron chi connectivity index (χ2n) is 7.12. The molecule has 0 spiro atoms. The van der Waals surface area contributed by atoms with Crippen LogP contribution in [0.5, 0.6) is 0 Å². The van der Waals surface area contributed by atoms with E-state index in [2.05, 4.69) is 34.5 Å². The summed E-state index contributed by atoms with van der Waals surface area (Å²) in [6.07, 6.45) is 8.17. The fourth-order valence-electron chi connectivity index (χ4n) is 4.35. The highest BCUT2D eigenvalue weighted by Gasteiger charge is 2.35. The molecule has 4 nitrogen and oxygen atoms in total. The fourth-order valence-corrected chi connectivity index (χ4v) is 4.35. The maximum atomic E-state index is 12.8. The number of fused-ring (bicyclic) bond motifs is 1. The van der Waals surface area contributed by atoms with Gasteiger partial charge in [0.25, 0.3) is 5.91 Å². The van der Waals surface area contributed by atoms with Gasteiger partial charge in [0.15, 0.2) is 0 Å². The van der Waals surface area contributed by atoms with Crippen molar-refractivity contribution in [3.63, 3.8) is 0 Å². The van der Waals surface area contributed by atoms with Crippen LogP contribution >= 0.6 is 0 Å². The molecule has 4 heteroatoms. The predicted molar refractivity (Wildman–Crippen MR) is 93.5 cm³/mol. The van der Waals surface area contributed by atoms with Crippen molar-refractivity contribution in [3.8, 4) is 0 Å². The maximum Gasteiger partial charge on any atom is 0.250 e. The summed E-state index contributed by atoms with van der Waals surface area (Å²) in [5.74, 6) is 0.0422. The second-order valence-corrected chi connectivity index (χ2v) is 7.12. The van der Waals surface area contributed by atoms with Gasteiger partial charge in [-0.05, 0) is 62.7 Å². The molecule has 1 fully saturated rings. The lowest BCUT2D eigenvalue weighted by Gasteiger charge is -2.39. The van der Waals surface area contributed by atoms with E-state index in [9.17, 15) is 4.79 Å². The molecule has 1 aromatic carbocycles. The van der Waals surface area contributed by atoms with Gasteiger partial charge in [0.1, 0.15) is 0 Å². The number of hydrogen-bond donors (Lipinski definition) is 1. The molecule has 1 saturated heterocycles.